The van der Waals surface area contributed by atoms with Crippen molar-refractivity contribution in [2.75, 3.05) is 11.5 Å². The van der Waals surface area contributed by atoms with E-state index in [1.54, 1.807) is 23.5 Å². The molecule has 0 aliphatic carbocycles. The number of aromatic nitrogens is 6. The second-order valence-electron chi connectivity index (χ2n) is 5.36. The summed E-state index contributed by atoms with van der Waals surface area (Å²) in [7, 11) is 0. The van der Waals surface area contributed by atoms with Crippen LogP contribution in [0.25, 0.3) is 22.8 Å². The third-order valence-corrected chi connectivity index (χ3v) is 5.53. The Hall–Kier alpha value is -2.58. The van der Waals surface area contributed by atoms with E-state index in [4.69, 9.17) is 0 Å². The van der Waals surface area contributed by atoms with Gasteiger partial charge in [0.25, 0.3) is 0 Å². The van der Waals surface area contributed by atoms with Gasteiger partial charge in [0.2, 0.25) is 10.3 Å². The summed E-state index contributed by atoms with van der Waals surface area (Å²) in [6.45, 7) is 0. The highest BCUT2D eigenvalue weighted by atomic mass is 32.2. The first-order valence-corrected chi connectivity index (χ1v) is 10.1. The van der Waals surface area contributed by atoms with Crippen LogP contribution in [0.15, 0.2) is 71.0 Å². The minimum Gasteiger partial charge on any atom is -0.258 e. The van der Waals surface area contributed by atoms with Gasteiger partial charge in [0, 0.05) is 22.6 Å². The molecule has 2 aromatic carbocycles. The van der Waals surface area contributed by atoms with Gasteiger partial charge in [-0.1, -0.05) is 84.2 Å². The third-order valence-electron chi connectivity index (χ3n) is 3.57. The molecule has 0 unspecified atom stereocenters. The number of nitrogens with zero attached hydrogens (tertiary/aromatic N) is 4. The van der Waals surface area contributed by atoms with Gasteiger partial charge >= 0.3 is 0 Å². The van der Waals surface area contributed by atoms with Gasteiger partial charge in [-0.05, 0) is 0 Å². The minimum absolute atomic E-state index is 0.754. The van der Waals surface area contributed by atoms with E-state index in [0.29, 0.717) is 0 Å². The zero-order valence-electron chi connectivity index (χ0n) is 13.8. The van der Waals surface area contributed by atoms with E-state index in [-0.39, 0.29) is 0 Å². The van der Waals surface area contributed by atoms with E-state index in [0.717, 1.165) is 44.6 Å². The predicted octanol–water partition coefficient (Wildman–Crippen LogP) is 4.14. The molecule has 0 aliphatic rings. The lowest BCUT2D eigenvalue weighted by atomic mass is 10.2. The average Bonchev–Trinajstić information content (AvgIpc) is 3.37. The summed E-state index contributed by atoms with van der Waals surface area (Å²) in [5.41, 5.74) is 2.07. The van der Waals surface area contributed by atoms with Crippen molar-refractivity contribution in [3.63, 3.8) is 0 Å². The molecule has 0 atom stereocenters. The van der Waals surface area contributed by atoms with Crippen LogP contribution in [0.2, 0.25) is 0 Å². The van der Waals surface area contributed by atoms with E-state index in [1.807, 2.05) is 60.7 Å². The number of hydrogen-bond donors (Lipinski definition) is 2. The van der Waals surface area contributed by atoms with E-state index < -0.39 is 0 Å². The number of nitrogens with one attached hydrogen (secondary N) is 2. The second-order valence-corrected chi connectivity index (χ2v) is 7.49. The molecular weight excluding hydrogens is 364 g/mol. The van der Waals surface area contributed by atoms with Crippen molar-refractivity contribution < 1.29 is 0 Å². The highest BCUT2D eigenvalue weighted by Gasteiger charge is 2.08. The molecule has 0 saturated carbocycles. The van der Waals surface area contributed by atoms with Gasteiger partial charge < -0.3 is 0 Å². The van der Waals surface area contributed by atoms with Crippen molar-refractivity contribution >= 4 is 23.5 Å². The van der Waals surface area contributed by atoms with Gasteiger partial charge in [-0.3, -0.25) is 10.2 Å². The molecule has 0 saturated heterocycles. The minimum atomic E-state index is 0.754. The number of benzene rings is 2. The Kier molecular flexibility index (Phi) is 5.32. The van der Waals surface area contributed by atoms with Crippen LogP contribution >= 0.6 is 23.5 Å². The Balaban J connectivity index is 1.27. The molecule has 0 radical (unpaired) electrons. The standard InChI is InChI=1S/C18H16N6S2/c1-3-7-13(8-4-1)15-19-17(23-21-15)25-11-12-26-18-20-16(22-24-18)14-9-5-2-6-10-14/h1-10H,11-12H2,(H,19,21,23)(H,20,22,24). The molecule has 4 rings (SSSR count). The molecule has 8 heteroatoms. The fourth-order valence-electron chi connectivity index (χ4n) is 2.34. The summed E-state index contributed by atoms with van der Waals surface area (Å²) in [4.78, 5) is 9.04. The van der Waals surface area contributed by atoms with Crippen molar-refractivity contribution in [1.29, 1.82) is 0 Å². The van der Waals surface area contributed by atoms with Crippen molar-refractivity contribution in [1.82, 2.24) is 30.4 Å². The van der Waals surface area contributed by atoms with Crippen molar-refractivity contribution in [3.8, 4) is 22.8 Å². The van der Waals surface area contributed by atoms with Crippen LogP contribution in [-0.4, -0.2) is 41.9 Å². The number of rotatable bonds is 7. The quantitative estimate of drug-likeness (QED) is 0.370. The lowest BCUT2D eigenvalue weighted by Gasteiger charge is -1.95. The molecule has 0 amide bonds. The van der Waals surface area contributed by atoms with E-state index in [2.05, 4.69) is 30.4 Å². The smallest absolute Gasteiger partial charge is 0.208 e. The van der Waals surface area contributed by atoms with E-state index in [1.165, 1.54) is 0 Å². The molecular formula is C18H16N6S2. The molecule has 4 aromatic rings. The maximum atomic E-state index is 4.52. The molecule has 0 aliphatic heterocycles. The summed E-state index contributed by atoms with van der Waals surface area (Å²) >= 11 is 3.24. The highest BCUT2D eigenvalue weighted by molar-refractivity contribution is 8.02. The van der Waals surface area contributed by atoms with Crippen LogP contribution in [0, 0.1) is 0 Å². The van der Waals surface area contributed by atoms with E-state index >= 15 is 0 Å². The van der Waals surface area contributed by atoms with Gasteiger partial charge in [-0.15, -0.1) is 10.2 Å². The van der Waals surface area contributed by atoms with Gasteiger partial charge in [0.1, 0.15) is 0 Å². The average molecular weight is 381 g/mol. The first-order chi connectivity index (χ1) is 12.9. The number of H-pyrrole nitrogens is 2. The Morgan fingerprint density at radius 3 is 1.46 bits per heavy atom. The normalized spacial score (nSPS) is 10.9. The first kappa shape index (κ1) is 16.9. The summed E-state index contributed by atoms with van der Waals surface area (Å²) in [5, 5.41) is 16.0. The van der Waals surface area contributed by atoms with Gasteiger partial charge in [-0.25, -0.2) is 9.97 Å². The van der Waals surface area contributed by atoms with E-state index in [9.17, 15) is 0 Å². The molecule has 6 nitrogen and oxygen atoms in total. The van der Waals surface area contributed by atoms with Gasteiger partial charge in [0.05, 0.1) is 0 Å². The molecule has 26 heavy (non-hydrogen) atoms. The number of hydrogen-bond acceptors (Lipinski definition) is 6. The van der Waals surface area contributed by atoms with Gasteiger partial charge in [-0.2, -0.15) is 0 Å². The largest absolute Gasteiger partial charge is 0.258 e. The summed E-state index contributed by atoms with van der Waals surface area (Å²) in [6, 6.07) is 20.0. The van der Waals surface area contributed by atoms with Crippen molar-refractivity contribution in [2.24, 2.45) is 0 Å². The maximum Gasteiger partial charge on any atom is 0.208 e. The second kappa shape index (κ2) is 8.20. The SMILES string of the molecule is c1ccc(-c2nc(SCCSc3n[nH]c(-c4ccccc4)n3)n[nH]2)cc1. The lowest BCUT2D eigenvalue weighted by molar-refractivity contribution is 0.971. The van der Waals surface area contributed by atoms with Crippen LogP contribution in [0.4, 0.5) is 0 Å². The monoisotopic (exact) mass is 380 g/mol. The molecule has 0 fully saturated rings. The summed E-state index contributed by atoms with van der Waals surface area (Å²) < 4.78 is 0. The Bertz CT molecular complexity index is 872. The molecule has 0 spiro atoms. The van der Waals surface area contributed by atoms with Crippen molar-refractivity contribution in [3.05, 3.63) is 60.7 Å². The van der Waals surface area contributed by atoms with Crippen LogP contribution in [0.1, 0.15) is 0 Å². The topological polar surface area (TPSA) is 83.1 Å². The van der Waals surface area contributed by atoms with Crippen molar-refractivity contribution in [2.45, 2.75) is 10.3 Å². The molecule has 0 bridgehead atoms. The maximum absolute atomic E-state index is 4.52. The molecule has 2 aromatic heterocycles. The number of aromatic amines is 2. The first-order valence-electron chi connectivity index (χ1n) is 8.10. The highest BCUT2D eigenvalue weighted by Crippen LogP contribution is 2.22. The Morgan fingerprint density at radius 1 is 0.615 bits per heavy atom. The lowest BCUT2D eigenvalue weighted by Crippen LogP contribution is -1.87. The summed E-state index contributed by atoms with van der Waals surface area (Å²) in [6.07, 6.45) is 0. The molecule has 2 N–H and O–H groups in total. The van der Waals surface area contributed by atoms with Crippen LogP contribution < -0.4 is 0 Å². The predicted molar refractivity (Wildman–Crippen MR) is 105 cm³/mol. The van der Waals surface area contributed by atoms with Gasteiger partial charge in [0.15, 0.2) is 11.6 Å². The van der Waals surface area contributed by atoms with Crippen LogP contribution in [-0.2, 0) is 0 Å². The molecule has 2 heterocycles. The fraction of sp³-hybridized carbons (Fsp3) is 0.111. The zero-order chi connectivity index (χ0) is 17.6. The zero-order valence-corrected chi connectivity index (χ0v) is 15.4. The van der Waals surface area contributed by atoms with Crippen LogP contribution in [0.5, 0.6) is 0 Å². The molecule has 130 valence electrons. The Labute approximate surface area is 159 Å². The Morgan fingerprint density at radius 2 is 1.04 bits per heavy atom. The fourth-order valence-corrected chi connectivity index (χ4v) is 3.90. The van der Waals surface area contributed by atoms with Crippen LogP contribution in [0.3, 0.4) is 0 Å². The third kappa shape index (κ3) is 4.14. The summed E-state index contributed by atoms with van der Waals surface area (Å²) in [5.74, 6) is 3.35. The number of thioether (sulfide) groups is 2.